The minimum absolute atomic E-state index is 0.124. The van der Waals surface area contributed by atoms with Gasteiger partial charge >= 0.3 is 0 Å². The SMILES string of the molecule is COc1ccc(CNC(c2nc3ccccc3[nH]2)C(C)C)c(OC)c1. The van der Waals surface area contributed by atoms with Gasteiger partial charge < -0.3 is 19.8 Å². The van der Waals surface area contributed by atoms with E-state index < -0.39 is 0 Å². The maximum Gasteiger partial charge on any atom is 0.127 e. The van der Waals surface area contributed by atoms with Gasteiger partial charge in [0.05, 0.1) is 31.3 Å². The van der Waals surface area contributed by atoms with Crippen LogP contribution in [0.4, 0.5) is 0 Å². The van der Waals surface area contributed by atoms with Crippen LogP contribution in [0.25, 0.3) is 11.0 Å². The van der Waals surface area contributed by atoms with Gasteiger partial charge in [-0.3, -0.25) is 0 Å². The molecule has 1 aromatic heterocycles. The van der Waals surface area contributed by atoms with Crippen molar-refractivity contribution in [2.45, 2.75) is 26.4 Å². The Morgan fingerprint density at radius 2 is 1.88 bits per heavy atom. The quantitative estimate of drug-likeness (QED) is 0.681. The second-order valence-electron chi connectivity index (χ2n) is 6.42. The first-order chi connectivity index (χ1) is 12.1. The molecule has 132 valence electrons. The van der Waals surface area contributed by atoms with Crippen LogP contribution in [0.2, 0.25) is 0 Å². The molecule has 5 nitrogen and oxygen atoms in total. The predicted octanol–water partition coefficient (Wildman–Crippen LogP) is 4.07. The third-order valence-electron chi connectivity index (χ3n) is 4.38. The van der Waals surface area contributed by atoms with Crippen LogP contribution in [0, 0.1) is 5.92 Å². The van der Waals surface area contributed by atoms with Gasteiger partial charge in [0.2, 0.25) is 0 Å². The molecule has 0 aliphatic rings. The third-order valence-corrected chi connectivity index (χ3v) is 4.38. The molecule has 0 amide bonds. The minimum Gasteiger partial charge on any atom is -0.497 e. The smallest absolute Gasteiger partial charge is 0.127 e. The van der Waals surface area contributed by atoms with Gasteiger partial charge in [0.15, 0.2) is 0 Å². The van der Waals surface area contributed by atoms with E-state index in [9.17, 15) is 0 Å². The first-order valence-electron chi connectivity index (χ1n) is 8.51. The second kappa shape index (κ2) is 7.57. The van der Waals surface area contributed by atoms with Crippen molar-refractivity contribution >= 4 is 11.0 Å². The van der Waals surface area contributed by atoms with Gasteiger partial charge in [-0.1, -0.05) is 32.0 Å². The molecule has 0 bridgehead atoms. The number of imidazole rings is 1. The van der Waals surface area contributed by atoms with Crippen molar-refractivity contribution in [2.75, 3.05) is 14.2 Å². The highest BCUT2D eigenvalue weighted by molar-refractivity contribution is 5.74. The number of H-pyrrole nitrogens is 1. The van der Waals surface area contributed by atoms with Crippen LogP contribution < -0.4 is 14.8 Å². The van der Waals surface area contributed by atoms with Crippen molar-refractivity contribution in [3.05, 3.63) is 53.9 Å². The fraction of sp³-hybridized carbons (Fsp3) is 0.350. The number of aromatic nitrogens is 2. The largest absolute Gasteiger partial charge is 0.497 e. The zero-order valence-electron chi connectivity index (χ0n) is 15.2. The zero-order valence-corrected chi connectivity index (χ0v) is 15.2. The van der Waals surface area contributed by atoms with E-state index in [1.807, 2.05) is 36.4 Å². The molecule has 3 aromatic rings. The summed E-state index contributed by atoms with van der Waals surface area (Å²) in [6.45, 7) is 5.07. The van der Waals surface area contributed by atoms with Crippen LogP contribution in [0.5, 0.6) is 11.5 Å². The maximum atomic E-state index is 5.49. The Bertz CT molecular complexity index is 809. The Morgan fingerprint density at radius 3 is 2.56 bits per heavy atom. The first kappa shape index (κ1) is 17.3. The number of hydrogen-bond acceptors (Lipinski definition) is 4. The van der Waals surface area contributed by atoms with Gasteiger partial charge in [-0.15, -0.1) is 0 Å². The van der Waals surface area contributed by atoms with Gasteiger partial charge in [0.1, 0.15) is 17.3 Å². The van der Waals surface area contributed by atoms with E-state index in [1.54, 1.807) is 14.2 Å². The lowest BCUT2D eigenvalue weighted by atomic mass is 10.0. The highest BCUT2D eigenvalue weighted by atomic mass is 16.5. The fourth-order valence-electron chi connectivity index (χ4n) is 2.99. The first-order valence-corrected chi connectivity index (χ1v) is 8.51. The molecule has 0 saturated carbocycles. The lowest BCUT2D eigenvalue weighted by molar-refractivity contribution is 0.375. The van der Waals surface area contributed by atoms with Crippen LogP contribution in [0.3, 0.4) is 0 Å². The molecule has 0 saturated heterocycles. The highest BCUT2D eigenvalue weighted by Gasteiger charge is 2.19. The van der Waals surface area contributed by atoms with Crippen molar-refractivity contribution in [1.82, 2.24) is 15.3 Å². The zero-order chi connectivity index (χ0) is 17.8. The molecule has 0 aliphatic heterocycles. The topological polar surface area (TPSA) is 59.2 Å². The normalized spacial score (nSPS) is 12.5. The summed E-state index contributed by atoms with van der Waals surface area (Å²) in [6.07, 6.45) is 0. The van der Waals surface area contributed by atoms with Gasteiger partial charge in [-0.25, -0.2) is 4.98 Å². The molecular weight excluding hydrogens is 314 g/mol. The lowest BCUT2D eigenvalue weighted by Gasteiger charge is -2.21. The number of rotatable bonds is 7. The molecule has 5 heteroatoms. The van der Waals surface area contributed by atoms with E-state index in [4.69, 9.17) is 14.5 Å². The molecule has 1 heterocycles. The molecule has 25 heavy (non-hydrogen) atoms. The standard InChI is InChI=1S/C20H25N3O2/c1-13(2)19(20-22-16-7-5-6-8-17(16)23-20)21-12-14-9-10-15(24-3)11-18(14)25-4/h5-11,13,19,21H,12H2,1-4H3,(H,22,23). The molecular formula is C20H25N3O2. The van der Waals surface area contributed by atoms with Gasteiger partial charge in [-0.2, -0.15) is 0 Å². The van der Waals surface area contributed by atoms with Crippen LogP contribution in [-0.2, 0) is 6.54 Å². The molecule has 0 radical (unpaired) electrons. The number of aromatic amines is 1. The van der Waals surface area contributed by atoms with Gasteiger partial charge in [0, 0.05) is 18.2 Å². The van der Waals surface area contributed by atoms with Crippen LogP contribution in [0.15, 0.2) is 42.5 Å². The second-order valence-corrected chi connectivity index (χ2v) is 6.42. The van der Waals surface area contributed by atoms with E-state index in [0.717, 1.165) is 33.9 Å². The molecule has 1 atom stereocenters. The average molecular weight is 339 g/mol. The van der Waals surface area contributed by atoms with E-state index in [-0.39, 0.29) is 6.04 Å². The summed E-state index contributed by atoms with van der Waals surface area (Å²) in [5.74, 6) is 2.96. The fourth-order valence-corrected chi connectivity index (χ4v) is 2.99. The molecule has 0 spiro atoms. The Kier molecular flexibility index (Phi) is 5.24. The van der Waals surface area contributed by atoms with Crippen molar-refractivity contribution < 1.29 is 9.47 Å². The molecule has 2 aromatic carbocycles. The number of nitrogens with zero attached hydrogens (tertiary/aromatic N) is 1. The van der Waals surface area contributed by atoms with Crippen molar-refractivity contribution in [3.8, 4) is 11.5 Å². The highest BCUT2D eigenvalue weighted by Crippen LogP contribution is 2.27. The van der Waals surface area contributed by atoms with E-state index in [2.05, 4.69) is 30.2 Å². The monoisotopic (exact) mass is 339 g/mol. The Labute approximate surface area is 148 Å². The molecule has 0 fully saturated rings. The summed E-state index contributed by atoms with van der Waals surface area (Å²) in [5, 5.41) is 3.61. The van der Waals surface area contributed by atoms with Crippen molar-refractivity contribution in [3.63, 3.8) is 0 Å². The van der Waals surface area contributed by atoms with Crippen molar-refractivity contribution in [2.24, 2.45) is 5.92 Å². The third kappa shape index (κ3) is 3.77. The van der Waals surface area contributed by atoms with Crippen LogP contribution in [0.1, 0.15) is 31.3 Å². The van der Waals surface area contributed by atoms with Crippen LogP contribution >= 0.6 is 0 Å². The van der Waals surface area contributed by atoms with E-state index >= 15 is 0 Å². The molecule has 3 rings (SSSR count). The van der Waals surface area contributed by atoms with Gasteiger partial charge in [-0.05, 0) is 24.1 Å². The van der Waals surface area contributed by atoms with Gasteiger partial charge in [0.25, 0.3) is 0 Å². The number of fused-ring (bicyclic) bond motifs is 1. The Balaban J connectivity index is 1.81. The average Bonchev–Trinajstić information content (AvgIpc) is 3.05. The molecule has 0 aliphatic carbocycles. The summed E-state index contributed by atoms with van der Waals surface area (Å²) in [6, 6.07) is 14.1. The lowest BCUT2D eigenvalue weighted by Crippen LogP contribution is -2.26. The predicted molar refractivity (Wildman–Crippen MR) is 100 cm³/mol. The minimum atomic E-state index is 0.124. The maximum absolute atomic E-state index is 5.49. The van der Waals surface area contributed by atoms with E-state index in [0.29, 0.717) is 12.5 Å². The summed E-state index contributed by atoms with van der Waals surface area (Å²) in [7, 11) is 3.33. The molecule has 2 N–H and O–H groups in total. The number of nitrogens with one attached hydrogen (secondary N) is 2. The Morgan fingerprint density at radius 1 is 1.08 bits per heavy atom. The molecule has 1 unspecified atom stereocenters. The van der Waals surface area contributed by atoms with Crippen LogP contribution in [-0.4, -0.2) is 24.2 Å². The van der Waals surface area contributed by atoms with E-state index in [1.165, 1.54) is 0 Å². The number of ether oxygens (including phenoxy) is 2. The number of methoxy groups -OCH3 is 2. The number of hydrogen-bond donors (Lipinski definition) is 2. The summed E-state index contributed by atoms with van der Waals surface area (Å²) < 4.78 is 10.8. The summed E-state index contributed by atoms with van der Waals surface area (Å²) in [5.41, 5.74) is 3.14. The number of para-hydroxylation sites is 2. The summed E-state index contributed by atoms with van der Waals surface area (Å²) in [4.78, 5) is 8.18. The summed E-state index contributed by atoms with van der Waals surface area (Å²) >= 11 is 0. The Hall–Kier alpha value is -2.53. The number of benzene rings is 2. The van der Waals surface area contributed by atoms with Crippen molar-refractivity contribution in [1.29, 1.82) is 0 Å².